The summed E-state index contributed by atoms with van der Waals surface area (Å²) < 4.78 is 25.3. The van der Waals surface area contributed by atoms with E-state index in [-0.39, 0.29) is 10.7 Å². The van der Waals surface area contributed by atoms with E-state index < -0.39 is 15.9 Å². The quantitative estimate of drug-likeness (QED) is 0.820. The molecule has 0 bridgehead atoms. The van der Waals surface area contributed by atoms with Gasteiger partial charge in [0.05, 0.1) is 4.90 Å². The molecule has 0 radical (unpaired) electrons. The number of hydrogen-bond acceptors (Lipinski definition) is 6. The highest BCUT2D eigenvalue weighted by Crippen LogP contribution is 2.22. The third-order valence-corrected chi connectivity index (χ3v) is 4.60. The number of H-pyrrole nitrogens is 1. The Hall–Kier alpha value is -2.33. The molecule has 1 aromatic heterocycles. The number of hydrogen-bond donors (Lipinski definition) is 2. The number of aromatic nitrogens is 4. The number of nitrogens with one attached hydrogen (secondary N) is 2. The molecule has 1 aromatic carbocycles. The number of tetrazole rings is 1. The fourth-order valence-electron chi connectivity index (χ4n) is 1.54. The minimum absolute atomic E-state index is 0.0847. The van der Waals surface area contributed by atoms with Crippen LogP contribution in [-0.2, 0) is 10.0 Å². The zero-order valence-corrected chi connectivity index (χ0v) is 12.5. The maximum Gasteiger partial charge on any atom is 0.297 e. The second kappa shape index (κ2) is 5.58. The van der Waals surface area contributed by atoms with E-state index in [0.29, 0.717) is 11.3 Å². The molecule has 21 heavy (non-hydrogen) atoms. The lowest BCUT2D eigenvalue weighted by atomic mass is 10.2. The minimum Gasteiger partial charge on any atom is -0.319 e. The largest absolute Gasteiger partial charge is 0.319 e. The van der Waals surface area contributed by atoms with Gasteiger partial charge in [-0.15, -0.1) is 10.2 Å². The van der Waals surface area contributed by atoms with Gasteiger partial charge in [0.15, 0.2) is 0 Å². The first-order chi connectivity index (χ1) is 9.82. The van der Waals surface area contributed by atoms with Crippen LogP contribution in [0.1, 0.15) is 16.2 Å². The number of sulfonamides is 1. The van der Waals surface area contributed by atoms with Gasteiger partial charge in [-0.05, 0) is 29.8 Å². The van der Waals surface area contributed by atoms with E-state index in [2.05, 4.69) is 25.9 Å². The van der Waals surface area contributed by atoms with Crippen molar-refractivity contribution in [3.8, 4) is 0 Å². The van der Waals surface area contributed by atoms with E-state index >= 15 is 0 Å². The number of benzene rings is 1. The Kier molecular flexibility index (Phi) is 4.00. The van der Waals surface area contributed by atoms with Crippen molar-refractivity contribution in [1.82, 2.24) is 24.9 Å². The average molecular weight is 310 g/mol. The molecule has 0 aliphatic heterocycles. The van der Waals surface area contributed by atoms with Gasteiger partial charge in [0.25, 0.3) is 11.7 Å². The molecule has 0 aliphatic carbocycles. The molecular formula is C11H14N6O3S. The number of rotatable bonds is 4. The monoisotopic (exact) mass is 310 g/mol. The van der Waals surface area contributed by atoms with Gasteiger partial charge in [0.2, 0.25) is 10.0 Å². The molecule has 2 aromatic rings. The highest BCUT2D eigenvalue weighted by atomic mass is 32.2. The van der Waals surface area contributed by atoms with E-state index in [1.54, 1.807) is 13.0 Å². The molecule has 112 valence electrons. The number of aromatic amines is 1. The first-order valence-electron chi connectivity index (χ1n) is 5.90. The van der Waals surface area contributed by atoms with Gasteiger partial charge in [-0.1, -0.05) is 6.07 Å². The van der Waals surface area contributed by atoms with Crippen LogP contribution in [0.5, 0.6) is 0 Å². The highest BCUT2D eigenvalue weighted by Gasteiger charge is 2.19. The van der Waals surface area contributed by atoms with Gasteiger partial charge in [-0.25, -0.2) is 12.7 Å². The molecule has 1 heterocycles. The van der Waals surface area contributed by atoms with Crippen LogP contribution >= 0.6 is 0 Å². The van der Waals surface area contributed by atoms with Gasteiger partial charge in [-0.2, -0.15) is 5.21 Å². The van der Waals surface area contributed by atoms with Crippen LogP contribution in [0.2, 0.25) is 0 Å². The number of anilines is 1. The average Bonchev–Trinajstić information content (AvgIpc) is 2.94. The van der Waals surface area contributed by atoms with Crippen LogP contribution < -0.4 is 5.32 Å². The Morgan fingerprint density at radius 2 is 2.05 bits per heavy atom. The molecule has 0 spiro atoms. The van der Waals surface area contributed by atoms with E-state index in [4.69, 9.17) is 0 Å². The summed E-state index contributed by atoms with van der Waals surface area (Å²) in [6.45, 7) is 1.75. The van der Waals surface area contributed by atoms with Crippen LogP contribution in [0, 0.1) is 6.92 Å². The molecule has 9 nitrogen and oxygen atoms in total. The molecule has 0 saturated heterocycles. The molecule has 0 aliphatic rings. The zero-order valence-electron chi connectivity index (χ0n) is 11.7. The van der Waals surface area contributed by atoms with Crippen LogP contribution in [0.15, 0.2) is 23.1 Å². The summed E-state index contributed by atoms with van der Waals surface area (Å²) in [4.78, 5) is 12.0. The van der Waals surface area contributed by atoms with Crippen molar-refractivity contribution in [2.75, 3.05) is 19.4 Å². The van der Waals surface area contributed by atoms with Crippen LogP contribution in [0.25, 0.3) is 0 Å². The van der Waals surface area contributed by atoms with Crippen molar-refractivity contribution in [3.63, 3.8) is 0 Å². The topological polar surface area (TPSA) is 121 Å². The van der Waals surface area contributed by atoms with Crippen LogP contribution in [-0.4, -0.2) is 53.3 Å². The normalized spacial score (nSPS) is 11.6. The maximum absolute atomic E-state index is 12.1. The summed E-state index contributed by atoms with van der Waals surface area (Å²) in [6.07, 6.45) is 0. The van der Waals surface area contributed by atoms with Crippen molar-refractivity contribution in [2.24, 2.45) is 0 Å². The molecule has 2 rings (SSSR count). The fourth-order valence-corrected chi connectivity index (χ4v) is 2.47. The van der Waals surface area contributed by atoms with Gasteiger partial charge >= 0.3 is 0 Å². The fraction of sp³-hybridized carbons (Fsp3) is 0.273. The molecule has 2 N–H and O–H groups in total. The lowest BCUT2D eigenvalue weighted by molar-refractivity contribution is 0.101. The maximum atomic E-state index is 12.1. The first-order valence-corrected chi connectivity index (χ1v) is 7.34. The predicted octanol–water partition coefficient (Wildman–Crippen LogP) is 0.0107. The summed E-state index contributed by atoms with van der Waals surface area (Å²) >= 11 is 0. The van der Waals surface area contributed by atoms with Crippen LogP contribution in [0.3, 0.4) is 0 Å². The van der Waals surface area contributed by atoms with Gasteiger partial charge in [-0.3, -0.25) is 4.79 Å². The van der Waals surface area contributed by atoms with Gasteiger partial charge < -0.3 is 5.32 Å². The Labute approximate surface area is 121 Å². The summed E-state index contributed by atoms with van der Waals surface area (Å²) in [5, 5.41) is 15.1. The lowest BCUT2D eigenvalue weighted by Gasteiger charge is -2.14. The second-order valence-electron chi connectivity index (χ2n) is 4.45. The molecule has 0 unspecified atom stereocenters. The summed E-state index contributed by atoms with van der Waals surface area (Å²) in [5.41, 5.74) is 1.08. The molecule has 0 fully saturated rings. The molecule has 0 saturated carbocycles. The Morgan fingerprint density at radius 1 is 1.33 bits per heavy atom. The van der Waals surface area contributed by atoms with E-state index in [9.17, 15) is 13.2 Å². The van der Waals surface area contributed by atoms with E-state index in [0.717, 1.165) is 4.31 Å². The third kappa shape index (κ3) is 3.06. The molecule has 0 atom stereocenters. The smallest absolute Gasteiger partial charge is 0.297 e. The molecule has 10 heteroatoms. The Balaban J connectivity index is 2.35. The lowest BCUT2D eigenvalue weighted by Crippen LogP contribution is -2.22. The Bertz CT molecular complexity index is 754. The standard InChI is InChI=1S/C11H14N6O3S/c1-7-4-5-8(21(19,20)17(2)3)6-9(7)12-11(18)10-13-15-16-14-10/h4-6H,1-3H3,(H,12,18)(H,13,14,15,16). The third-order valence-electron chi connectivity index (χ3n) is 2.78. The van der Waals surface area contributed by atoms with E-state index in [1.165, 1.54) is 26.2 Å². The van der Waals surface area contributed by atoms with Gasteiger partial charge in [0.1, 0.15) is 0 Å². The van der Waals surface area contributed by atoms with Crippen molar-refractivity contribution < 1.29 is 13.2 Å². The van der Waals surface area contributed by atoms with E-state index in [1.807, 2.05) is 0 Å². The first kappa shape index (κ1) is 15.1. The zero-order chi connectivity index (χ0) is 15.6. The summed E-state index contributed by atoms with van der Waals surface area (Å²) in [7, 11) is -0.699. The number of carbonyl (C=O) groups is 1. The van der Waals surface area contributed by atoms with Crippen molar-refractivity contribution in [3.05, 3.63) is 29.6 Å². The number of amides is 1. The molecular weight excluding hydrogens is 296 g/mol. The number of aryl methyl sites for hydroxylation is 1. The highest BCUT2D eigenvalue weighted by molar-refractivity contribution is 7.89. The minimum atomic E-state index is -3.57. The Morgan fingerprint density at radius 3 is 2.62 bits per heavy atom. The predicted molar refractivity (Wildman–Crippen MR) is 74.2 cm³/mol. The number of nitrogens with zero attached hydrogens (tertiary/aromatic N) is 4. The van der Waals surface area contributed by atoms with Crippen molar-refractivity contribution in [2.45, 2.75) is 11.8 Å². The van der Waals surface area contributed by atoms with Crippen molar-refractivity contribution in [1.29, 1.82) is 0 Å². The summed E-state index contributed by atoms with van der Waals surface area (Å²) in [6, 6.07) is 4.49. The second-order valence-corrected chi connectivity index (χ2v) is 6.61. The SMILES string of the molecule is Cc1ccc(S(=O)(=O)N(C)C)cc1NC(=O)c1nn[nH]n1. The van der Waals surface area contributed by atoms with Crippen LogP contribution in [0.4, 0.5) is 5.69 Å². The number of carbonyl (C=O) groups excluding carboxylic acids is 1. The van der Waals surface area contributed by atoms with Gasteiger partial charge in [0, 0.05) is 19.8 Å². The van der Waals surface area contributed by atoms with Crippen molar-refractivity contribution >= 4 is 21.6 Å². The molecule has 1 amide bonds. The summed E-state index contributed by atoms with van der Waals surface area (Å²) in [5.74, 6) is -0.707.